The Labute approximate surface area is 132 Å². The van der Waals surface area contributed by atoms with E-state index in [1.165, 1.54) is 22.4 Å². The highest BCUT2D eigenvalue weighted by atomic mass is 16.1. The van der Waals surface area contributed by atoms with Gasteiger partial charge in [0.2, 0.25) is 5.91 Å². The predicted molar refractivity (Wildman–Crippen MR) is 91.5 cm³/mol. The first kappa shape index (κ1) is 14.6. The zero-order valence-corrected chi connectivity index (χ0v) is 13.2. The van der Waals surface area contributed by atoms with Crippen molar-refractivity contribution in [3.05, 3.63) is 59.2 Å². The number of nitrogens with zero attached hydrogens (tertiary/aromatic N) is 1. The maximum Gasteiger partial charge on any atom is 0.226 e. The van der Waals surface area contributed by atoms with E-state index in [-0.39, 0.29) is 5.91 Å². The average molecular weight is 294 g/mol. The molecule has 2 aromatic rings. The summed E-state index contributed by atoms with van der Waals surface area (Å²) in [5, 5.41) is 2.99. The van der Waals surface area contributed by atoms with E-state index >= 15 is 0 Å². The second-order valence-corrected chi connectivity index (χ2v) is 5.96. The van der Waals surface area contributed by atoms with E-state index < -0.39 is 0 Å². The van der Waals surface area contributed by atoms with Gasteiger partial charge in [0.1, 0.15) is 0 Å². The van der Waals surface area contributed by atoms with Crippen LogP contribution in [0.1, 0.15) is 23.1 Å². The van der Waals surface area contributed by atoms with Crippen molar-refractivity contribution in [2.75, 3.05) is 23.3 Å². The monoisotopic (exact) mass is 294 g/mol. The third kappa shape index (κ3) is 3.14. The normalized spacial score (nSPS) is 13.1. The van der Waals surface area contributed by atoms with Crippen molar-refractivity contribution in [1.29, 1.82) is 0 Å². The number of nitrogens with one attached hydrogen (secondary N) is 1. The Balaban J connectivity index is 1.56. The lowest BCUT2D eigenvalue weighted by Gasteiger charge is -2.19. The van der Waals surface area contributed by atoms with Crippen LogP contribution in [-0.2, 0) is 11.2 Å². The number of fused-ring (bicyclic) bond motifs is 1. The van der Waals surface area contributed by atoms with E-state index in [0.29, 0.717) is 6.42 Å². The fraction of sp³-hybridized carbons (Fsp3) is 0.316. The van der Waals surface area contributed by atoms with Crippen molar-refractivity contribution in [3.63, 3.8) is 0 Å². The minimum Gasteiger partial charge on any atom is -0.370 e. The van der Waals surface area contributed by atoms with Gasteiger partial charge in [-0.05, 0) is 55.2 Å². The molecule has 114 valence electrons. The summed E-state index contributed by atoms with van der Waals surface area (Å²) in [7, 11) is 0. The topological polar surface area (TPSA) is 32.3 Å². The number of benzene rings is 2. The number of aryl methyl sites for hydroxylation is 2. The molecule has 1 heterocycles. The Kier molecular flexibility index (Phi) is 4.14. The van der Waals surface area contributed by atoms with Crippen molar-refractivity contribution >= 4 is 17.3 Å². The summed E-state index contributed by atoms with van der Waals surface area (Å²) in [5.74, 6) is 0.0765. The van der Waals surface area contributed by atoms with Crippen LogP contribution in [0.15, 0.2) is 42.5 Å². The fourth-order valence-corrected chi connectivity index (χ4v) is 2.92. The van der Waals surface area contributed by atoms with E-state index in [0.717, 1.165) is 25.2 Å². The van der Waals surface area contributed by atoms with Gasteiger partial charge in [0, 0.05) is 30.9 Å². The Morgan fingerprint density at radius 3 is 2.77 bits per heavy atom. The minimum atomic E-state index is 0.0765. The molecule has 0 aliphatic carbocycles. The number of carbonyl (C=O) groups excluding carboxylic acids is 1. The highest BCUT2D eigenvalue weighted by Crippen LogP contribution is 2.27. The third-order valence-electron chi connectivity index (χ3n) is 4.38. The summed E-state index contributed by atoms with van der Waals surface area (Å²) in [6, 6.07) is 14.5. The van der Waals surface area contributed by atoms with E-state index in [2.05, 4.69) is 48.3 Å². The highest BCUT2D eigenvalue weighted by molar-refractivity contribution is 5.91. The molecule has 3 nitrogen and oxygen atoms in total. The molecule has 1 amide bonds. The molecule has 1 aliphatic heterocycles. The number of hydrogen-bond donors (Lipinski definition) is 1. The molecule has 22 heavy (non-hydrogen) atoms. The number of para-hydroxylation sites is 1. The SMILES string of the molecule is Cc1ccc(NC(=O)CCN2CCc3ccccc32)cc1C. The molecular weight excluding hydrogens is 272 g/mol. The van der Waals surface area contributed by atoms with E-state index in [1.54, 1.807) is 0 Å². The van der Waals surface area contributed by atoms with Crippen LogP contribution < -0.4 is 10.2 Å². The molecule has 0 atom stereocenters. The van der Waals surface area contributed by atoms with E-state index in [1.807, 2.05) is 18.2 Å². The van der Waals surface area contributed by atoms with Gasteiger partial charge in [0.05, 0.1) is 0 Å². The first-order chi connectivity index (χ1) is 10.6. The van der Waals surface area contributed by atoms with Gasteiger partial charge in [0.15, 0.2) is 0 Å². The molecule has 0 fully saturated rings. The highest BCUT2D eigenvalue weighted by Gasteiger charge is 2.18. The second kappa shape index (κ2) is 6.22. The van der Waals surface area contributed by atoms with E-state index in [9.17, 15) is 4.79 Å². The standard InChI is InChI=1S/C19H22N2O/c1-14-7-8-17(13-15(14)2)20-19(22)10-12-21-11-9-16-5-3-4-6-18(16)21/h3-8,13H,9-12H2,1-2H3,(H,20,22). The fourth-order valence-electron chi connectivity index (χ4n) is 2.92. The summed E-state index contributed by atoms with van der Waals surface area (Å²) < 4.78 is 0. The van der Waals surface area contributed by atoms with Crippen LogP contribution in [0.5, 0.6) is 0 Å². The number of rotatable bonds is 4. The lowest BCUT2D eigenvalue weighted by Crippen LogP contribution is -2.26. The predicted octanol–water partition coefficient (Wildman–Crippen LogP) is 3.69. The molecule has 0 bridgehead atoms. The van der Waals surface area contributed by atoms with Crippen LogP contribution in [0.25, 0.3) is 0 Å². The zero-order chi connectivity index (χ0) is 15.5. The molecule has 0 unspecified atom stereocenters. The number of carbonyl (C=O) groups is 1. The molecule has 1 N–H and O–H groups in total. The molecular formula is C19H22N2O. The van der Waals surface area contributed by atoms with Gasteiger partial charge in [-0.15, -0.1) is 0 Å². The second-order valence-electron chi connectivity index (χ2n) is 5.96. The summed E-state index contributed by atoms with van der Waals surface area (Å²) in [6.07, 6.45) is 1.59. The van der Waals surface area contributed by atoms with Crippen LogP contribution in [-0.4, -0.2) is 19.0 Å². The van der Waals surface area contributed by atoms with Gasteiger partial charge < -0.3 is 10.2 Å². The summed E-state index contributed by atoms with van der Waals surface area (Å²) in [6.45, 7) is 5.92. The smallest absolute Gasteiger partial charge is 0.226 e. The maximum atomic E-state index is 12.1. The van der Waals surface area contributed by atoms with Crippen molar-refractivity contribution in [1.82, 2.24) is 0 Å². The van der Waals surface area contributed by atoms with Crippen LogP contribution in [0, 0.1) is 13.8 Å². The molecule has 0 aromatic heterocycles. The lowest BCUT2D eigenvalue weighted by atomic mass is 10.1. The Bertz CT molecular complexity index is 694. The Morgan fingerprint density at radius 1 is 1.14 bits per heavy atom. The van der Waals surface area contributed by atoms with Gasteiger partial charge in [-0.3, -0.25) is 4.79 Å². The summed E-state index contributed by atoms with van der Waals surface area (Å²) in [4.78, 5) is 14.4. The first-order valence-corrected chi connectivity index (χ1v) is 7.83. The molecule has 1 aliphatic rings. The number of amides is 1. The summed E-state index contributed by atoms with van der Waals surface area (Å²) in [5.41, 5.74) is 5.99. The summed E-state index contributed by atoms with van der Waals surface area (Å²) >= 11 is 0. The van der Waals surface area contributed by atoms with Crippen molar-refractivity contribution in [2.24, 2.45) is 0 Å². The van der Waals surface area contributed by atoms with Gasteiger partial charge in [-0.2, -0.15) is 0 Å². The molecule has 3 heteroatoms. The van der Waals surface area contributed by atoms with E-state index in [4.69, 9.17) is 0 Å². The van der Waals surface area contributed by atoms with Gasteiger partial charge in [-0.1, -0.05) is 24.3 Å². The van der Waals surface area contributed by atoms with Crippen LogP contribution in [0.3, 0.4) is 0 Å². The van der Waals surface area contributed by atoms with Gasteiger partial charge in [-0.25, -0.2) is 0 Å². The number of hydrogen-bond acceptors (Lipinski definition) is 2. The molecule has 0 saturated heterocycles. The largest absolute Gasteiger partial charge is 0.370 e. The van der Waals surface area contributed by atoms with Crippen LogP contribution in [0.4, 0.5) is 11.4 Å². The number of anilines is 2. The molecule has 0 spiro atoms. The van der Waals surface area contributed by atoms with Crippen LogP contribution in [0.2, 0.25) is 0 Å². The van der Waals surface area contributed by atoms with Crippen molar-refractivity contribution < 1.29 is 4.79 Å². The first-order valence-electron chi connectivity index (χ1n) is 7.83. The lowest BCUT2D eigenvalue weighted by molar-refractivity contribution is -0.116. The van der Waals surface area contributed by atoms with Gasteiger partial charge in [0.25, 0.3) is 0 Å². The Hall–Kier alpha value is -2.29. The Morgan fingerprint density at radius 2 is 1.95 bits per heavy atom. The molecule has 0 radical (unpaired) electrons. The molecule has 3 rings (SSSR count). The maximum absolute atomic E-state index is 12.1. The van der Waals surface area contributed by atoms with Crippen molar-refractivity contribution in [3.8, 4) is 0 Å². The third-order valence-corrected chi connectivity index (χ3v) is 4.38. The van der Waals surface area contributed by atoms with Crippen LogP contribution >= 0.6 is 0 Å². The quantitative estimate of drug-likeness (QED) is 0.932. The average Bonchev–Trinajstić information content (AvgIpc) is 2.92. The van der Waals surface area contributed by atoms with Gasteiger partial charge >= 0.3 is 0 Å². The molecule has 0 saturated carbocycles. The molecule has 2 aromatic carbocycles. The minimum absolute atomic E-state index is 0.0765. The zero-order valence-electron chi connectivity index (χ0n) is 13.2. The van der Waals surface area contributed by atoms with Crippen molar-refractivity contribution in [2.45, 2.75) is 26.7 Å².